The first-order valence-electron chi connectivity index (χ1n) is 12.5. The van der Waals surface area contributed by atoms with E-state index in [0.29, 0.717) is 18.7 Å². The van der Waals surface area contributed by atoms with Crippen LogP contribution in [0.4, 0.5) is 0 Å². The molecule has 1 fully saturated rings. The molecule has 4 N–H and O–H groups in total. The van der Waals surface area contributed by atoms with E-state index < -0.39 is 29.8 Å². The summed E-state index contributed by atoms with van der Waals surface area (Å²) in [6.07, 6.45) is 1.26. The molecule has 10 heteroatoms. The third-order valence-corrected chi connectivity index (χ3v) is 6.59. The van der Waals surface area contributed by atoms with E-state index in [9.17, 15) is 24.3 Å². The van der Waals surface area contributed by atoms with Crippen LogP contribution < -0.4 is 20.7 Å². The summed E-state index contributed by atoms with van der Waals surface area (Å²) in [6.45, 7) is 0.510. The molecule has 4 rings (SSSR count). The van der Waals surface area contributed by atoms with Gasteiger partial charge in [0.1, 0.15) is 24.4 Å². The van der Waals surface area contributed by atoms with E-state index in [1.54, 1.807) is 24.3 Å². The summed E-state index contributed by atoms with van der Waals surface area (Å²) >= 11 is 0. The van der Waals surface area contributed by atoms with E-state index in [2.05, 4.69) is 16.0 Å². The van der Waals surface area contributed by atoms with Gasteiger partial charge in [0, 0.05) is 13.0 Å². The highest BCUT2D eigenvalue weighted by atomic mass is 16.5. The molecular weight excluding hydrogens is 476 g/mol. The van der Waals surface area contributed by atoms with Gasteiger partial charge in [-0.3, -0.25) is 19.2 Å². The van der Waals surface area contributed by atoms with E-state index in [0.717, 1.165) is 12.0 Å². The van der Waals surface area contributed by atoms with Crippen LogP contribution in [0.3, 0.4) is 0 Å². The molecule has 10 nitrogen and oxygen atoms in total. The lowest BCUT2D eigenvalue weighted by Crippen LogP contribution is -2.54. The lowest BCUT2D eigenvalue weighted by atomic mass is 10.0. The highest BCUT2D eigenvalue weighted by Crippen LogP contribution is 2.21. The minimum Gasteiger partial charge on any atom is -0.491 e. The Kier molecular flexibility index (Phi) is 8.73. The van der Waals surface area contributed by atoms with E-state index in [1.165, 1.54) is 4.90 Å². The summed E-state index contributed by atoms with van der Waals surface area (Å²) in [6, 6.07) is 13.4. The highest BCUT2D eigenvalue weighted by Gasteiger charge is 2.36. The zero-order valence-electron chi connectivity index (χ0n) is 20.5. The number of amides is 4. The second-order valence-electron chi connectivity index (χ2n) is 9.19. The fourth-order valence-corrected chi connectivity index (χ4v) is 4.69. The maximum Gasteiger partial charge on any atom is 0.255 e. The zero-order valence-corrected chi connectivity index (χ0v) is 20.5. The van der Waals surface area contributed by atoms with Crippen LogP contribution in [0.5, 0.6) is 5.75 Å². The van der Waals surface area contributed by atoms with Gasteiger partial charge in [-0.2, -0.15) is 0 Å². The summed E-state index contributed by atoms with van der Waals surface area (Å²) in [5.41, 5.74) is 1.07. The van der Waals surface area contributed by atoms with Crippen molar-refractivity contribution in [2.24, 2.45) is 0 Å². The Morgan fingerprint density at radius 2 is 1.78 bits per heavy atom. The third kappa shape index (κ3) is 6.65. The van der Waals surface area contributed by atoms with Gasteiger partial charge in [0.25, 0.3) is 5.91 Å². The number of nitrogens with one attached hydrogen (secondary N) is 3. The molecule has 1 saturated heterocycles. The quantitative estimate of drug-likeness (QED) is 0.472. The largest absolute Gasteiger partial charge is 0.491 e. The monoisotopic (exact) mass is 508 g/mol. The van der Waals surface area contributed by atoms with Crippen LogP contribution >= 0.6 is 0 Å². The molecule has 2 aromatic rings. The second kappa shape index (κ2) is 12.4. The van der Waals surface area contributed by atoms with Crippen LogP contribution in [0.1, 0.15) is 35.2 Å². The molecule has 4 amide bonds. The fourth-order valence-electron chi connectivity index (χ4n) is 4.69. The van der Waals surface area contributed by atoms with E-state index in [-0.39, 0.29) is 50.1 Å². The maximum absolute atomic E-state index is 13.5. The minimum absolute atomic E-state index is 0.107. The predicted molar refractivity (Wildman–Crippen MR) is 135 cm³/mol. The van der Waals surface area contributed by atoms with Gasteiger partial charge in [-0.25, -0.2) is 0 Å². The number of likely N-dealkylation sites (tertiary alicyclic amines) is 1. The van der Waals surface area contributed by atoms with Crippen molar-refractivity contribution in [3.8, 4) is 5.75 Å². The van der Waals surface area contributed by atoms with E-state index in [4.69, 9.17) is 4.74 Å². The first-order chi connectivity index (χ1) is 18.0. The molecular formula is C27H32N4O6. The number of rotatable bonds is 4. The molecule has 196 valence electrons. The van der Waals surface area contributed by atoms with Crippen LogP contribution in [0.2, 0.25) is 0 Å². The molecule has 2 aromatic carbocycles. The Balaban J connectivity index is 1.61. The summed E-state index contributed by atoms with van der Waals surface area (Å²) in [5.74, 6) is -1.62. The topological polar surface area (TPSA) is 137 Å². The normalized spacial score (nSPS) is 23.1. The third-order valence-electron chi connectivity index (χ3n) is 6.59. The number of benzene rings is 2. The molecule has 0 spiro atoms. The lowest BCUT2D eigenvalue weighted by molar-refractivity contribution is -0.137. The van der Waals surface area contributed by atoms with Crippen molar-refractivity contribution in [2.75, 3.05) is 26.3 Å². The highest BCUT2D eigenvalue weighted by molar-refractivity contribution is 6.01. The molecule has 0 saturated carbocycles. The first-order valence-corrected chi connectivity index (χ1v) is 12.5. The molecule has 0 aliphatic carbocycles. The standard InChI is InChI=1S/C27H32N4O6/c32-17-19-9-6-13-31(19)27(36)22-16-24(33)29-21(15-18-7-2-1-3-8-18)26(35)28-12-14-37-23-11-5-4-10-20(23)25(34)30-22/h1-5,7-8,10-11,19,21-22,32H,6,9,12-17H2,(H,28,35)(H,29,33)(H,30,34)/t19-,21-,22-/m0/s1. The average molecular weight is 509 g/mol. The predicted octanol–water partition coefficient (Wildman–Crippen LogP) is 0.395. The summed E-state index contributed by atoms with van der Waals surface area (Å²) < 4.78 is 5.76. The summed E-state index contributed by atoms with van der Waals surface area (Å²) in [5, 5.41) is 17.9. The van der Waals surface area contributed by atoms with Crippen molar-refractivity contribution in [3.05, 3.63) is 65.7 Å². The Hall–Kier alpha value is -3.92. The Morgan fingerprint density at radius 1 is 1.03 bits per heavy atom. The number of carbonyl (C=O) groups excluding carboxylic acids is 4. The molecule has 2 aliphatic rings. The van der Waals surface area contributed by atoms with Crippen LogP contribution in [0, 0.1) is 0 Å². The van der Waals surface area contributed by atoms with Gasteiger partial charge in [0.15, 0.2) is 0 Å². The van der Waals surface area contributed by atoms with Gasteiger partial charge in [-0.05, 0) is 30.5 Å². The molecule has 37 heavy (non-hydrogen) atoms. The molecule has 3 atom stereocenters. The number of carbonyl (C=O) groups is 4. The van der Waals surface area contributed by atoms with Gasteiger partial charge >= 0.3 is 0 Å². The summed E-state index contributed by atoms with van der Waals surface area (Å²) in [7, 11) is 0. The van der Waals surface area contributed by atoms with Crippen molar-refractivity contribution in [1.29, 1.82) is 0 Å². The number of fused-ring (bicyclic) bond motifs is 1. The summed E-state index contributed by atoms with van der Waals surface area (Å²) in [4.78, 5) is 54.3. The van der Waals surface area contributed by atoms with Gasteiger partial charge in [-0.15, -0.1) is 0 Å². The molecule has 0 bridgehead atoms. The van der Waals surface area contributed by atoms with Crippen LogP contribution in [0.15, 0.2) is 54.6 Å². The number of ether oxygens (including phenoxy) is 1. The molecule has 0 aromatic heterocycles. The van der Waals surface area contributed by atoms with Crippen molar-refractivity contribution >= 4 is 23.6 Å². The smallest absolute Gasteiger partial charge is 0.255 e. The average Bonchev–Trinajstić information content (AvgIpc) is 3.39. The van der Waals surface area contributed by atoms with Gasteiger partial charge in [0.2, 0.25) is 17.7 Å². The van der Waals surface area contributed by atoms with Gasteiger partial charge in [-0.1, -0.05) is 42.5 Å². The zero-order chi connectivity index (χ0) is 26.2. The SMILES string of the molecule is O=C1C[C@@H](C(=O)N2CCC[C@H]2CO)NC(=O)c2ccccc2OCCNC(=O)[C@H](Cc2ccccc2)N1. The van der Waals surface area contributed by atoms with Crippen LogP contribution in [-0.2, 0) is 20.8 Å². The number of hydrogen-bond donors (Lipinski definition) is 4. The number of aliphatic hydroxyl groups is 1. The minimum atomic E-state index is -1.18. The second-order valence-corrected chi connectivity index (χ2v) is 9.19. The Labute approximate surface area is 215 Å². The maximum atomic E-state index is 13.5. The van der Waals surface area contributed by atoms with Crippen molar-refractivity contribution < 1.29 is 29.0 Å². The van der Waals surface area contributed by atoms with E-state index >= 15 is 0 Å². The van der Waals surface area contributed by atoms with Crippen LogP contribution in [0.25, 0.3) is 0 Å². The van der Waals surface area contributed by atoms with Gasteiger partial charge in [0.05, 0.1) is 31.2 Å². The van der Waals surface area contributed by atoms with E-state index in [1.807, 2.05) is 30.3 Å². The molecule has 0 radical (unpaired) electrons. The molecule has 2 heterocycles. The number of nitrogens with zero attached hydrogens (tertiary/aromatic N) is 1. The van der Waals surface area contributed by atoms with Crippen LogP contribution in [-0.4, -0.2) is 78.1 Å². The first kappa shape index (κ1) is 26.2. The van der Waals surface area contributed by atoms with Crippen molar-refractivity contribution in [1.82, 2.24) is 20.9 Å². The molecule has 0 unspecified atom stereocenters. The van der Waals surface area contributed by atoms with Gasteiger partial charge < -0.3 is 30.7 Å². The Morgan fingerprint density at radius 3 is 2.57 bits per heavy atom. The number of aliphatic hydroxyl groups excluding tert-OH is 1. The van der Waals surface area contributed by atoms with Crippen molar-refractivity contribution in [2.45, 2.75) is 43.8 Å². The lowest BCUT2D eigenvalue weighted by Gasteiger charge is -2.29. The fraction of sp³-hybridized carbons (Fsp3) is 0.407. The molecule has 2 aliphatic heterocycles. The van der Waals surface area contributed by atoms with Crippen molar-refractivity contribution in [3.63, 3.8) is 0 Å². The number of hydrogen-bond acceptors (Lipinski definition) is 6. The Bertz CT molecular complexity index is 1120. The number of para-hydroxylation sites is 1.